The third kappa shape index (κ3) is 5.50. The van der Waals surface area contributed by atoms with Crippen molar-refractivity contribution in [2.75, 3.05) is 0 Å². The van der Waals surface area contributed by atoms with Crippen LogP contribution in [0.2, 0.25) is 0 Å². The van der Waals surface area contributed by atoms with Crippen molar-refractivity contribution in [3.63, 3.8) is 0 Å². The summed E-state index contributed by atoms with van der Waals surface area (Å²) in [6.45, 7) is 7.54. The molecule has 1 heterocycles. The van der Waals surface area contributed by atoms with Crippen molar-refractivity contribution in [1.82, 2.24) is 0 Å². The van der Waals surface area contributed by atoms with Crippen LogP contribution in [0, 0.1) is 11.3 Å². The van der Waals surface area contributed by atoms with Crippen LogP contribution in [0.15, 0.2) is 91.0 Å². The van der Waals surface area contributed by atoms with Crippen molar-refractivity contribution in [1.29, 1.82) is 0 Å². The molecule has 11 heteroatoms. The Morgan fingerprint density at radius 3 is 1.53 bits per heavy atom. The van der Waals surface area contributed by atoms with E-state index in [-0.39, 0.29) is 23.1 Å². The number of esters is 4. The highest BCUT2D eigenvalue weighted by Crippen LogP contribution is 2.69. The molecule has 3 fully saturated rings. The average molecular weight is 673 g/mol. The van der Waals surface area contributed by atoms with E-state index in [2.05, 4.69) is 0 Å². The highest BCUT2D eigenvalue weighted by atomic mass is 16.6. The molecule has 3 aromatic rings. The van der Waals surface area contributed by atoms with Crippen molar-refractivity contribution in [3.8, 4) is 0 Å². The molecule has 258 valence electrons. The summed E-state index contributed by atoms with van der Waals surface area (Å²) in [6, 6.07) is 24.4. The lowest BCUT2D eigenvalue weighted by Crippen LogP contribution is -2.83. The summed E-state index contributed by atoms with van der Waals surface area (Å²) in [7, 11) is 0. The molecule has 2 N–H and O–H groups in total. The molecule has 49 heavy (non-hydrogen) atoms. The van der Waals surface area contributed by atoms with Crippen LogP contribution in [-0.2, 0) is 28.5 Å². The molecule has 0 unspecified atom stereocenters. The van der Waals surface area contributed by atoms with E-state index in [1.165, 1.54) is 20.8 Å². The van der Waals surface area contributed by atoms with Crippen molar-refractivity contribution in [2.24, 2.45) is 11.3 Å². The molecule has 0 radical (unpaired) electrons. The number of hydrogen-bond donors (Lipinski definition) is 2. The van der Waals surface area contributed by atoms with Crippen LogP contribution in [0.4, 0.5) is 0 Å². The molecule has 0 amide bonds. The highest BCUT2D eigenvalue weighted by molar-refractivity contribution is 5.91. The van der Waals surface area contributed by atoms with E-state index in [0.717, 1.165) is 0 Å². The lowest BCUT2D eigenvalue weighted by molar-refractivity contribution is -0.349. The summed E-state index contributed by atoms with van der Waals surface area (Å²) < 4.78 is 31.3. The van der Waals surface area contributed by atoms with Gasteiger partial charge in [0.1, 0.15) is 30.0 Å². The molecule has 2 aliphatic carbocycles. The van der Waals surface area contributed by atoms with Gasteiger partial charge in [-0.05, 0) is 64.1 Å². The number of fused-ring (bicyclic) bond motifs is 1. The van der Waals surface area contributed by atoms with Crippen LogP contribution in [0.1, 0.15) is 72.1 Å². The quantitative estimate of drug-likeness (QED) is 0.273. The summed E-state index contributed by atoms with van der Waals surface area (Å²) in [5, 5.41) is 24.9. The number of hydrogen-bond acceptors (Lipinski definition) is 11. The average Bonchev–Trinajstić information content (AvgIpc) is 3.29. The molecule has 3 aromatic carbocycles. The van der Waals surface area contributed by atoms with Gasteiger partial charge in [0.15, 0.2) is 6.10 Å². The maximum atomic E-state index is 13.9. The highest BCUT2D eigenvalue weighted by Gasteiger charge is 2.86. The lowest BCUT2D eigenvalue weighted by Gasteiger charge is -2.65. The second-order valence-electron chi connectivity index (χ2n) is 13.9. The fourth-order valence-electron chi connectivity index (χ4n) is 8.45. The number of carbonyl (C=O) groups is 4. The first-order chi connectivity index (χ1) is 23.1. The predicted molar refractivity (Wildman–Crippen MR) is 173 cm³/mol. The number of rotatable bonds is 7. The summed E-state index contributed by atoms with van der Waals surface area (Å²) in [5.74, 6) is -4.11. The maximum Gasteiger partial charge on any atom is 0.338 e. The molecule has 11 nitrogen and oxygen atoms in total. The van der Waals surface area contributed by atoms with Gasteiger partial charge in [0, 0.05) is 13.3 Å². The standard InChI is InChI=1S/C38H40O11/c1-22(39)45-30-27-28(40)31(48-34(43)25-19-13-8-14-20-25)37(5)29(47-33(42)24-17-11-7-12-18-24)26(46-32(41)23-15-9-6-10-16-23)21-36(4,44)38(30,37)49-35(27,2)3/h6-20,26-31,40,44H,21H2,1-5H3/t26-,27+,28-,29-,30+,31-,36-,37-,38-/m0/s1. The minimum Gasteiger partial charge on any atom is -0.459 e. The monoisotopic (exact) mass is 672 g/mol. The summed E-state index contributed by atoms with van der Waals surface area (Å²) in [5.41, 5.74) is -6.63. The topological polar surface area (TPSA) is 155 Å². The van der Waals surface area contributed by atoms with E-state index in [0.29, 0.717) is 0 Å². The molecule has 6 rings (SSSR count). The second-order valence-corrected chi connectivity index (χ2v) is 13.9. The van der Waals surface area contributed by atoms with E-state index < -0.39 is 82.5 Å². The number of aliphatic hydroxyl groups is 2. The van der Waals surface area contributed by atoms with Gasteiger partial charge >= 0.3 is 23.9 Å². The minimum atomic E-state index is -2.00. The molecule has 9 atom stereocenters. The molecular weight excluding hydrogens is 632 g/mol. The largest absolute Gasteiger partial charge is 0.459 e. The summed E-state index contributed by atoms with van der Waals surface area (Å²) in [4.78, 5) is 54.0. The maximum absolute atomic E-state index is 13.9. The fraction of sp³-hybridized carbons (Fsp3) is 0.421. The molecule has 2 bridgehead atoms. The molecule has 3 aliphatic rings. The Balaban J connectivity index is 1.57. The van der Waals surface area contributed by atoms with E-state index in [1.807, 2.05) is 0 Å². The van der Waals surface area contributed by atoms with Gasteiger partial charge in [0.2, 0.25) is 0 Å². The normalized spacial score (nSPS) is 34.2. The Bertz CT molecular complexity index is 1720. The molecule has 2 saturated carbocycles. The van der Waals surface area contributed by atoms with E-state index >= 15 is 0 Å². The Morgan fingerprint density at radius 2 is 1.08 bits per heavy atom. The van der Waals surface area contributed by atoms with Crippen molar-refractivity contribution in [2.45, 2.75) is 88.4 Å². The van der Waals surface area contributed by atoms with Crippen LogP contribution in [0.5, 0.6) is 0 Å². The fourth-order valence-corrected chi connectivity index (χ4v) is 8.45. The smallest absolute Gasteiger partial charge is 0.338 e. The van der Waals surface area contributed by atoms with Crippen molar-refractivity contribution < 1.29 is 53.1 Å². The first kappa shape index (κ1) is 34.3. The number of ether oxygens (including phenoxy) is 5. The van der Waals surface area contributed by atoms with E-state index in [9.17, 15) is 29.4 Å². The van der Waals surface area contributed by atoms with Crippen LogP contribution >= 0.6 is 0 Å². The van der Waals surface area contributed by atoms with Crippen LogP contribution < -0.4 is 0 Å². The van der Waals surface area contributed by atoms with Crippen molar-refractivity contribution >= 4 is 23.9 Å². The van der Waals surface area contributed by atoms with Gasteiger partial charge in [-0.1, -0.05) is 54.6 Å². The van der Waals surface area contributed by atoms with Gasteiger partial charge in [-0.15, -0.1) is 0 Å². The van der Waals surface area contributed by atoms with Crippen LogP contribution in [-0.4, -0.2) is 81.4 Å². The predicted octanol–water partition coefficient (Wildman–Crippen LogP) is 4.29. The lowest BCUT2D eigenvalue weighted by atomic mass is 9.46. The van der Waals surface area contributed by atoms with Crippen LogP contribution in [0.3, 0.4) is 0 Å². The number of carbonyl (C=O) groups excluding carboxylic acids is 4. The molecule has 1 spiro atoms. The Morgan fingerprint density at radius 1 is 0.653 bits per heavy atom. The first-order valence-electron chi connectivity index (χ1n) is 16.2. The minimum absolute atomic E-state index is 0.168. The summed E-state index contributed by atoms with van der Waals surface area (Å²) >= 11 is 0. The number of benzene rings is 3. The first-order valence-corrected chi connectivity index (χ1v) is 16.2. The third-order valence-corrected chi connectivity index (χ3v) is 10.4. The third-order valence-electron chi connectivity index (χ3n) is 10.4. The zero-order valence-electron chi connectivity index (χ0n) is 27.9. The SMILES string of the molecule is CC(=O)O[C@@H]1[C@H]2[C@H](O)[C@H](OC(=O)c3ccccc3)[C@]3(C)[C@@H](OC(=O)c4ccccc4)[C@@H](OC(=O)c4ccccc4)C[C@](C)(O)[C@@]13OC2(C)C. The molecule has 1 aliphatic heterocycles. The molecule has 0 aromatic heterocycles. The molecular formula is C38H40O11. The van der Waals surface area contributed by atoms with Gasteiger partial charge in [0.05, 0.1) is 39.2 Å². The number of aliphatic hydroxyl groups excluding tert-OH is 1. The Labute approximate surface area is 284 Å². The molecule has 1 saturated heterocycles. The van der Waals surface area contributed by atoms with Gasteiger partial charge in [-0.2, -0.15) is 0 Å². The van der Waals surface area contributed by atoms with Gasteiger partial charge in [0.25, 0.3) is 0 Å². The second kappa shape index (κ2) is 12.4. The van der Waals surface area contributed by atoms with Gasteiger partial charge in [-0.25, -0.2) is 14.4 Å². The van der Waals surface area contributed by atoms with Gasteiger partial charge in [-0.3, -0.25) is 4.79 Å². The Kier molecular flexibility index (Phi) is 8.67. The van der Waals surface area contributed by atoms with Crippen LogP contribution in [0.25, 0.3) is 0 Å². The van der Waals surface area contributed by atoms with E-state index in [1.54, 1.807) is 105 Å². The van der Waals surface area contributed by atoms with Crippen molar-refractivity contribution in [3.05, 3.63) is 108 Å². The Hall–Kier alpha value is -4.58. The summed E-state index contributed by atoms with van der Waals surface area (Å²) in [6.07, 6.45) is -7.67. The zero-order chi connectivity index (χ0) is 35.4. The van der Waals surface area contributed by atoms with Gasteiger partial charge < -0.3 is 33.9 Å². The zero-order valence-corrected chi connectivity index (χ0v) is 27.9. The van der Waals surface area contributed by atoms with E-state index in [4.69, 9.17) is 23.7 Å².